The van der Waals surface area contributed by atoms with E-state index in [1.54, 1.807) is 0 Å². The van der Waals surface area contributed by atoms with Crippen molar-refractivity contribution in [1.29, 1.82) is 0 Å². The number of aromatic amines is 1. The van der Waals surface area contributed by atoms with Gasteiger partial charge in [-0.1, -0.05) is 43.3 Å². The number of nitrogens with one attached hydrogen (secondary N) is 1. The molecule has 0 aliphatic carbocycles. The van der Waals surface area contributed by atoms with Crippen LogP contribution in [0, 0.1) is 6.92 Å². The molecule has 112 valence electrons. The van der Waals surface area contributed by atoms with E-state index in [1.165, 1.54) is 0 Å². The van der Waals surface area contributed by atoms with Crippen molar-refractivity contribution < 1.29 is 4.79 Å². The molecule has 0 saturated heterocycles. The highest BCUT2D eigenvalue weighted by Gasteiger charge is 2.31. The maximum Gasteiger partial charge on any atom is 0.218 e. The Hall–Kier alpha value is -2.55. The molecule has 0 radical (unpaired) electrons. The third-order valence-electron chi connectivity index (χ3n) is 4.33. The fraction of sp³-hybridized carbons (Fsp3) is 0.211. The minimum atomic E-state index is -0.424. The number of hydrogen-bond donors (Lipinski definition) is 2. The Kier molecular flexibility index (Phi) is 3.49. The van der Waals surface area contributed by atoms with Crippen LogP contribution in [0.1, 0.15) is 30.2 Å². The molecular weight excluding hydrogens is 272 g/mol. The van der Waals surface area contributed by atoms with Gasteiger partial charge in [-0.25, -0.2) is 0 Å². The Bertz CT molecular complexity index is 820. The van der Waals surface area contributed by atoms with Crippen LogP contribution in [0.2, 0.25) is 0 Å². The predicted molar refractivity (Wildman–Crippen MR) is 89.7 cm³/mol. The van der Waals surface area contributed by atoms with E-state index in [1.807, 2.05) is 25.1 Å². The van der Waals surface area contributed by atoms with E-state index in [-0.39, 0.29) is 12.3 Å². The van der Waals surface area contributed by atoms with E-state index in [4.69, 9.17) is 5.73 Å². The first-order valence-electron chi connectivity index (χ1n) is 7.43. The lowest BCUT2D eigenvalue weighted by Crippen LogP contribution is -2.30. The number of fused-ring (bicyclic) bond motifs is 1. The summed E-state index contributed by atoms with van der Waals surface area (Å²) < 4.78 is 0. The van der Waals surface area contributed by atoms with Crippen LogP contribution in [0.15, 0.2) is 54.6 Å². The minimum Gasteiger partial charge on any atom is -0.370 e. The zero-order valence-electron chi connectivity index (χ0n) is 12.9. The van der Waals surface area contributed by atoms with Gasteiger partial charge in [0.1, 0.15) is 0 Å². The summed E-state index contributed by atoms with van der Waals surface area (Å²) >= 11 is 0. The average Bonchev–Trinajstić information content (AvgIpc) is 2.86. The highest BCUT2D eigenvalue weighted by Crippen LogP contribution is 2.36. The molecule has 1 atom stereocenters. The topological polar surface area (TPSA) is 58.9 Å². The summed E-state index contributed by atoms with van der Waals surface area (Å²) in [7, 11) is 0. The second kappa shape index (κ2) is 5.34. The summed E-state index contributed by atoms with van der Waals surface area (Å²) in [5, 5.41) is 1.15. The van der Waals surface area contributed by atoms with Crippen molar-refractivity contribution in [2.45, 2.75) is 25.7 Å². The van der Waals surface area contributed by atoms with Crippen LogP contribution >= 0.6 is 0 Å². The number of hydrogen-bond acceptors (Lipinski definition) is 1. The molecule has 3 aromatic rings. The summed E-state index contributed by atoms with van der Waals surface area (Å²) in [6.45, 7) is 4.12. The Balaban J connectivity index is 2.17. The predicted octanol–water partition coefficient (Wildman–Crippen LogP) is 3.66. The summed E-state index contributed by atoms with van der Waals surface area (Å²) in [5.74, 6) is -0.295. The summed E-state index contributed by atoms with van der Waals surface area (Å²) in [6.07, 6.45) is 0.284. The van der Waals surface area contributed by atoms with Gasteiger partial charge in [-0.2, -0.15) is 0 Å². The zero-order chi connectivity index (χ0) is 15.7. The monoisotopic (exact) mass is 292 g/mol. The molecule has 22 heavy (non-hydrogen) atoms. The number of carbonyl (C=O) groups is 1. The Morgan fingerprint density at radius 1 is 1.09 bits per heavy atom. The van der Waals surface area contributed by atoms with Gasteiger partial charge in [0.2, 0.25) is 5.91 Å². The van der Waals surface area contributed by atoms with Crippen molar-refractivity contribution >= 4 is 16.8 Å². The second-order valence-corrected chi connectivity index (χ2v) is 6.10. The van der Waals surface area contributed by atoms with Crippen LogP contribution < -0.4 is 5.73 Å². The zero-order valence-corrected chi connectivity index (χ0v) is 12.9. The highest BCUT2D eigenvalue weighted by atomic mass is 16.1. The molecule has 3 heteroatoms. The standard InChI is InChI=1S/C19H20N2O/c1-13-10-14-11-16(8-9-17(14)21-13)19(2,12-18(20)22)15-6-4-3-5-7-15/h3-11,21H,12H2,1-2H3,(H2,20,22). The summed E-state index contributed by atoms with van der Waals surface area (Å²) in [6, 6.07) is 18.5. The summed E-state index contributed by atoms with van der Waals surface area (Å²) in [5.41, 5.74) is 9.53. The molecule has 1 amide bonds. The molecule has 1 aromatic heterocycles. The fourth-order valence-corrected chi connectivity index (χ4v) is 3.15. The lowest BCUT2D eigenvalue weighted by atomic mass is 9.73. The molecular formula is C19H20N2O. The number of aryl methyl sites for hydroxylation is 1. The largest absolute Gasteiger partial charge is 0.370 e. The quantitative estimate of drug-likeness (QED) is 0.757. The molecule has 0 aliphatic heterocycles. The summed E-state index contributed by atoms with van der Waals surface area (Å²) in [4.78, 5) is 15.0. The van der Waals surface area contributed by atoms with E-state index in [2.05, 4.69) is 48.3 Å². The molecule has 2 aromatic carbocycles. The number of H-pyrrole nitrogens is 1. The number of amides is 1. The molecule has 0 bridgehead atoms. The van der Waals surface area contributed by atoms with Gasteiger partial charge in [0.05, 0.1) is 0 Å². The van der Waals surface area contributed by atoms with Crippen molar-refractivity contribution in [1.82, 2.24) is 4.98 Å². The molecule has 3 N–H and O–H groups in total. The number of carbonyl (C=O) groups excluding carboxylic acids is 1. The first-order chi connectivity index (χ1) is 10.5. The number of primary amides is 1. The lowest BCUT2D eigenvalue weighted by molar-refractivity contribution is -0.118. The van der Waals surface area contributed by atoms with Gasteiger partial charge in [-0.15, -0.1) is 0 Å². The van der Waals surface area contributed by atoms with Crippen molar-refractivity contribution in [3.05, 3.63) is 71.4 Å². The second-order valence-electron chi connectivity index (χ2n) is 6.10. The lowest BCUT2D eigenvalue weighted by Gasteiger charge is -2.30. The third kappa shape index (κ3) is 2.50. The normalized spacial score (nSPS) is 13.9. The SMILES string of the molecule is Cc1cc2cc(C(C)(CC(N)=O)c3ccccc3)ccc2[nH]1. The number of aromatic nitrogens is 1. The van der Waals surface area contributed by atoms with E-state index in [9.17, 15) is 4.79 Å². The molecule has 3 nitrogen and oxygen atoms in total. The molecule has 0 fully saturated rings. The van der Waals surface area contributed by atoms with Gasteiger partial charge in [0.25, 0.3) is 0 Å². The van der Waals surface area contributed by atoms with Gasteiger partial charge < -0.3 is 10.7 Å². The van der Waals surface area contributed by atoms with Crippen molar-refractivity contribution in [3.63, 3.8) is 0 Å². The molecule has 0 aliphatic rings. The van der Waals surface area contributed by atoms with Crippen LogP contribution in [-0.2, 0) is 10.2 Å². The smallest absolute Gasteiger partial charge is 0.218 e. The molecule has 0 saturated carbocycles. The van der Waals surface area contributed by atoms with E-state index >= 15 is 0 Å². The fourth-order valence-electron chi connectivity index (χ4n) is 3.15. The highest BCUT2D eigenvalue weighted by molar-refractivity contribution is 5.82. The van der Waals surface area contributed by atoms with Crippen molar-refractivity contribution in [2.75, 3.05) is 0 Å². The Morgan fingerprint density at radius 2 is 1.82 bits per heavy atom. The van der Waals surface area contributed by atoms with E-state index in [0.717, 1.165) is 27.7 Å². The van der Waals surface area contributed by atoms with Gasteiger partial charge in [-0.3, -0.25) is 4.79 Å². The molecule has 3 rings (SSSR count). The van der Waals surface area contributed by atoms with Crippen LogP contribution in [0.5, 0.6) is 0 Å². The van der Waals surface area contributed by atoms with Crippen LogP contribution in [-0.4, -0.2) is 10.9 Å². The van der Waals surface area contributed by atoms with Gasteiger partial charge in [-0.05, 0) is 41.6 Å². The van der Waals surface area contributed by atoms with Gasteiger partial charge in [0.15, 0.2) is 0 Å². The maximum absolute atomic E-state index is 11.6. The number of benzene rings is 2. The number of rotatable bonds is 4. The van der Waals surface area contributed by atoms with E-state index < -0.39 is 5.41 Å². The first-order valence-corrected chi connectivity index (χ1v) is 7.43. The van der Waals surface area contributed by atoms with E-state index in [0.29, 0.717) is 0 Å². The maximum atomic E-state index is 11.6. The molecule has 0 spiro atoms. The van der Waals surface area contributed by atoms with Crippen LogP contribution in [0.25, 0.3) is 10.9 Å². The molecule has 1 heterocycles. The minimum absolute atomic E-state index is 0.284. The Morgan fingerprint density at radius 3 is 2.50 bits per heavy atom. The third-order valence-corrected chi connectivity index (χ3v) is 4.33. The first kappa shape index (κ1) is 14.4. The van der Waals surface area contributed by atoms with Crippen molar-refractivity contribution in [2.24, 2.45) is 5.73 Å². The van der Waals surface area contributed by atoms with Crippen LogP contribution in [0.3, 0.4) is 0 Å². The average molecular weight is 292 g/mol. The van der Waals surface area contributed by atoms with Gasteiger partial charge >= 0.3 is 0 Å². The van der Waals surface area contributed by atoms with Crippen LogP contribution in [0.4, 0.5) is 0 Å². The number of nitrogens with two attached hydrogens (primary N) is 1. The van der Waals surface area contributed by atoms with Crippen molar-refractivity contribution in [3.8, 4) is 0 Å². The van der Waals surface area contributed by atoms with Gasteiger partial charge in [0, 0.05) is 23.0 Å². The molecule has 1 unspecified atom stereocenters. The Labute approximate surface area is 130 Å².